The molecular formula is C17H22FNO2. The highest BCUT2D eigenvalue weighted by molar-refractivity contribution is 5.85. The minimum atomic E-state index is -1.03. The minimum absolute atomic E-state index is 0.265. The lowest BCUT2D eigenvalue weighted by atomic mass is 10.1. The Hall–Kier alpha value is -1.68. The Balaban J connectivity index is 2.07. The summed E-state index contributed by atoms with van der Waals surface area (Å²) in [6.07, 6.45) is 7.37. The van der Waals surface area contributed by atoms with E-state index in [1.54, 1.807) is 12.1 Å². The van der Waals surface area contributed by atoms with Crippen LogP contribution in [0.2, 0.25) is 0 Å². The summed E-state index contributed by atoms with van der Waals surface area (Å²) < 4.78 is 14.2. The molecule has 0 heterocycles. The number of hydrogen-bond donors (Lipinski definition) is 1. The SMILES string of the molecule is CCN(Cc1ccc(C=CC(=O)O)cc1F)C1CCCC1. The van der Waals surface area contributed by atoms with E-state index in [0.717, 1.165) is 12.6 Å². The highest BCUT2D eigenvalue weighted by atomic mass is 19.1. The molecule has 0 spiro atoms. The summed E-state index contributed by atoms with van der Waals surface area (Å²) in [7, 11) is 0. The molecule has 0 saturated heterocycles. The number of benzene rings is 1. The summed E-state index contributed by atoms with van der Waals surface area (Å²) >= 11 is 0. The number of carboxylic acids is 1. The van der Waals surface area contributed by atoms with Crippen LogP contribution >= 0.6 is 0 Å². The van der Waals surface area contributed by atoms with Crippen molar-refractivity contribution in [1.82, 2.24) is 4.90 Å². The Kier molecular flexibility index (Phi) is 5.51. The minimum Gasteiger partial charge on any atom is -0.478 e. The maximum absolute atomic E-state index is 14.2. The average Bonchev–Trinajstić information content (AvgIpc) is 2.98. The van der Waals surface area contributed by atoms with Gasteiger partial charge in [-0.3, -0.25) is 4.90 Å². The normalized spacial score (nSPS) is 16.1. The molecular weight excluding hydrogens is 269 g/mol. The van der Waals surface area contributed by atoms with Gasteiger partial charge < -0.3 is 5.11 Å². The number of nitrogens with zero attached hydrogens (tertiary/aromatic N) is 1. The first-order valence-electron chi connectivity index (χ1n) is 7.53. The van der Waals surface area contributed by atoms with Crippen molar-refractivity contribution in [2.24, 2.45) is 0 Å². The molecule has 1 fully saturated rings. The third-order valence-electron chi connectivity index (χ3n) is 4.12. The molecule has 114 valence electrons. The van der Waals surface area contributed by atoms with E-state index >= 15 is 0 Å². The Morgan fingerprint density at radius 1 is 1.43 bits per heavy atom. The van der Waals surface area contributed by atoms with Gasteiger partial charge in [-0.25, -0.2) is 9.18 Å². The predicted molar refractivity (Wildman–Crippen MR) is 81.4 cm³/mol. The quantitative estimate of drug-likeness (QED) is 0.813. The molecule has 0 radical (unpaired) electrons. The van der Waals surface area contributed by atoms with Crippen LogP contribution in [-0.2, 0) is 11.3 Å². The van der Waals surface area contributed by atoms with E-state index in [9.17, 15) is 9.18 Å². The van der Waals surface area contributed by atoms with E-state index in [-0.39, 0.29) is 5.82 Å². The lowest BCUT2D eigenvalue weighted by molar-refractivity contribution is -0.131. The summed E-state index contributed by atoms with van der Waals surface area (Å²) in [5.74, 6) is -1.29. The van der Waals surface area contributed by atoms with Gasteiger partial charge in [-0.1, -0.05) is 31.9 Å². The van der Waals surface area contributed by atoms with Crippen LogP contribution in [-0.4, -0.2) is 28.6 Å². The molecule has 21 heavy (non-hydrogen) atoms. The van der Waals surface area contributed by atoms with Crippen LogP contribution in [0.4, 0.5) is 4.39 Å². The molecule has 0 aromatic heterocycles. The standard InChI is InChI=1S/C17H22FNO2/c1-2-19(15-5-3-4-6-15)12-14-9-7-13(11-16(14)18)8-10-17(20)21/h7-11,15H,2-6,12H2,1H3,(H,20,21). The topological polar surface area (TPSA) is 40.5 Å². The second-order valence-electron chi connectivity index (χ2n) is 5.52. The van der Waals surface area contributed by atoms with E-state index in [1.807, 2.05) is 0 Å². The molecule has 1 aliphatic carbocycles. The number of carboxylic acid groups (broad SMARTS) is 1. The highest BCUT2D eigenvalue weighted by Crippen LogP contribution is 2.25. The molecule has 1 N–H and O–H groups in total. The fraction of sp³-hybridized carbons (Fsp3) is 0.471. The van der Waals surface area contributed by atoms with Crippen molar-refractivity contribution in [3.05, 3.63) is 41.2 Å². The second kappa shape index (κ2) is 7.36. The first kappa shape index (κ1) is 15.7. The van der Waals surface area contributed by atoms with Gasteiger partial charge in [0.05, 0.1) is 0 Å². The van der Waals surface area contributed by atoms with E-state index < -0.39 is 5.97 Å². The summed E-state index contributed by atoms with van der Waals surface area (Å²) in [6, 6.07) is 5.49. The van der Waals surface area contributed by atoms with Crippen LogP contribution in [0.15, 0.2) is 24.3 Å². The number of halogens is 1. The van der Waals surface area contributed by atoms with Crippen LogP contribution in [0.3, 0.4) is 0 Å². The van der Waals surface area contributed by atoms with Crippen molar-refractivity contribution in [2.75, 3.05) is 6.54 Å². The Morgan fingerprint density at radius 3 is 2.71 bits per heavy atom. The third-order valence-corrected chi connectivity index (χ3v) is 4.12. The molecule has 0 unspecified atom stereocenters. The predicted octanol–water partition coefficient (Wildman–Crippen LogP) is 3.69. The van der Waals surface area contributed by atoms with Crippen molar-refractivity contribution >= 4 is 12.0 Å². The number of hydrogen-bond acceptors (Lipinski definition) is 2. The molecule has 3 nitrogen and oxygen atoms in total. The smallest absolute Gasteiger partial charge is 0.328 e. The van der Waals surface area contributed by atoms with Gasteiger partial charge in [-0.2, -0.15) is 0 Å². The van der Waals surface area contributed by atoms with Crippen LogP contribution in [0.1, 0.15) is 43.7 Å². The second-order valence-corrected chi connectivity index (χ2v) is 5.52. The lowest BCUT2D eigenvalue weighted by Crippen LogP contribution is -2.32. The fourth-order valence-electron chi connectivity index (χ4n) is 2.95. The average molecular weight is 291 g/mol. The number of aliphatic carboxylic acids is 1. The van der Waals surface area contributed by atoms with Gasteiger partial charge in [0.2, 0.25) is 0 Å². The Morgan fingerprint density at radius 2 is 2.14 bits per heavy atom. The van der Waals surface area contributed by atoms with Gasteiger partial charge in [-0.05, 0) is 37.1 Å². The molecule has 4 heteroatoms. The molecule has 0 amide bonds. The third kappa shape index (κ3) is 4.39. The van der Waals surface area contributed by atoms with Crippen LogP contribution < -0.4 is 0 Å². The highest BCUT2D eigenvalue weighted by Gasteiger charge is 2.22. The molecule has 0 bridgehead atoms. The van der Waals surface area contributed by atoms with Crippen molar-refractivity contribution < 1.29 is 14.3 Å². The fourth-order valence-corrected chi connectivity index (χ4v) is 2.95. The van der Waals surface area contributed by atoms with Crippen molar-refractivity contribution in [1.29, 1.82) is 0 Å². The zero-order valence-corrected chi connectivity index (χ0v) is 12.4. The van der Waals surface area contributed by atoms with E-state index in [1.165, 1.54) is 37.8 Å². The van der Waals surface area contributed by atoms with Gasteiger partial charge >= 0.3 is 5.97 Å². The zero-order chi connectivity index (χ0) is 15.2. The van der Waals surface area contributed by atoms with E-state index in [2.05, 4.69) is 11.8 Å². The Labute approximate surface area is 125 Å². The maximum atomic E-state index is 14.2. The molecule has 2 rings (SSSR count). The van der Waals surface area contributed by atoms with E-state index in [0.29, 0.717) is 23.7 Å². The lowest BCUT2D eigenvalue weighted by Gasteiger charge is -2.27. The number of carbonyl (C=O) groups is 1. The van der Waals surface area contributed by atoms with Crippen LogP contribution in [0.5, 0.6) is 0 Å². The van der Waals surface area contributed by atoms with Crippen molar-refractivity contribution in [2.45, 2.75) is 45.2 Å². The van der Waals surface area contributed by atoms with Gasteiger partial charge in [0.1, 0.15) is 5.82 Å². The molecule has 0 atom stereocenters. The zero-order valence-electron chi connectivity index (χ0n) is 12.4. The summed E-state index contributed by atoms with van der Waals surface area (Å²) in [6.45, 7) is 3.65. The largest absolute Gasteiger partial charge is 0.478 e. The van der Waals surface area contributed by atoms with Gasteiger partial charge in [0, 0.05) is 24.2 Å². The molecule has 0 aliphatic heterocycles. The maximum Gasteiger partial charge on any atom is 0.328 e. The van der Waals surface area contributed by atoms with Crippen LogP contribution in [0.25, 0.3) is 6.08 Å². The van der Waals surface area contributed by atoms with E-state index in [4.69, 9.17) is 5.11 Å². The van der Waals surface area contributed by atoms with Crippen LogP contribution in [0, 0.1) is 5.82 Å². The van der Waals surface area contributed by atoms with Gasteiger partial charge in [-0.15, -0.1) is 0 Å². The molecule has 1 aliphatic rings. The first-order chi connectivity index (χ1) is 10.1. The molecule has 1 aromatic rings. The summed E-state index contributed by atoms with van der Waals surface area (Å²) in [5.41, 5.74) is 1.25. The summed E-state index contributed by atoms with van der Waals surface area (Å²) in [4.78, 5) is 12.8. The van der Waals surface area contributed by atoms with Gasteiger partial charge in [0.15, 0.2) is 0 Å². The van der Waals surface area contributed by atoms with Gasteiger partial charge in [0.25, 0.3) is 0 Å². The molecule has 1 aromatic carbocycles. The first-order valence-corrected chi connectivity index (χ1v) is 7.53. The number of rotatable bonds is 6. The summed E-state index contributed by atoms with van der Waals surface area (Å²) in [5, 5.41) is 8.58. The monoisotopic (exact) mass is 291 g/mol. The van der Waals surface area contributed by atoms with Crippen molar-refractivity contribution in [3.8, 4) is 0 Å². The van der Waals surface area contributed by atoms with Crippen molar-refractivity contribution in [3.63, 3.8) is 0 Å². The Bertz CT molecular complexity index is 522. The molecule has 1 saturated carbocycles.